The van der Waals surface area contributed by atoms with Gasteiger partial charge in [-0.2, -0.15) is 0 Å². The number of nitrogens with zero attached hydrogens (tertiary/aromatic N) is 2. The highest BCUT2D eigenvalue weighted by molar-refractivity contribution is 6.19. The Morgan fingerprint density at radius 3 is 1.64 bits per heavy atom. The molecular formula is C18H18N4O3. The van der Waals surface area contributed by atoms with Gasteiger partial charge in [0.15, 0.2) is 0 Å². The highest BCUT2D eigenvalue weighted by Crippen LogP contribution is 2.32. The zero-order valence-corrected chi connectivity index (χ0v) is 13.6. The molecule has 1 aliphatic rings. The fourth-order valence-corrected chi connectivity index (χ4v) is 2.93. The first-order chi connectivity index (χ1) is 12.1. The summed E-state index contributed by atoms with van der Waals surface area (Å²) in [5, 5.41) is 4.45. The minimum absolute atomic E-state index is 0.266. The standard InChI is InChI=1S/C18H18N4O3/c23-15-18(16(24)22-17(25)21-15,9-7-13-5-1-3-11-19-13)10-8-14-6-2-4-12-20-14/h1-6,11-12H,7-10H2,(H2,21,22,23,24,25). The largest absolute Gasteiger partial charge is 0.328 e. The lowest BCUT2D eigenvalue weighted by Crippen LogP contribution is -2.62. The number of hydrogen-bond acceptors (Lipinski definition) is 5. The first-order valence-corrected chi connectivity index (χ1v) is 8.07. The van der Waals surface area contributed by atoms with Crippen LogP contribution in [0.4, 0.5) is 4.79 Å². The van der Waals surface area contributed by atoms with Gasteiger partial charge in [-0.1, -0.05) is 12.1 Å². The van der Waals surface area contributed by atoms with Crippen molar-refractivity contribution < 1.29 is 14.4 Å². The molecule has 128 valence electrons. The second-order valence-electron chi connectivity index (χ2n) is 5.96. The van der Waals surface area contributed by atoms with Crippen molar-refractivity contribution in [2.45, 2.75) is 25.7 Å². The number of hydrogen-bond donors (Lipinski definition) is 2. The van der Waals surface area contributed by atoms with Crippen molar-refractivity contribution >= 4 is 17.8 Å². The van der Waals surface area contributed by atoms with Crippen LogP contribution in [0.15, 0.2) is 48.8 Å². The third-order valence-corrected chi connectivity index (χ3v) is 4.39. The van der Waals surface area contributed by atoms with E-state index in [9.17, 15) is 14.4 Å². The summed E-state index contributed by atoms with van der Waals surface area (Å²) in [6, 6.07) is 10.2. The molecule has 0 radical (unpaired) electrons. The molecule has 0 saturated carbocycles. The van der Waals surface area contributed by atoms with Gasteiger partial charge < -0.3 is 0 Å². The second kappa shape index (κ2) is 7.21. The summed E-state index contributed by atoms with van der Waals surface area (Å²) in [7, 11) is 0. The molecule has 1 fully saturated rings. The van der Waals surface area contributed by atoms with E-state index in [1.54, 1.807) is 24.5 Å². The predicted molar refractivity (Wildman–Crippen MR) is 89.2 cm³/mol. The Labute approximate surface area is 144 Å². The van der Waals surface area contributed by atoms with Crippen LogP contribution in [-0.4, -0.2) is 27.8 Å². The van der Waals surface area contributed by atoms with Crippen LogP contribution in [0.2, 0.25) is 0 Å². The summed E-state index contributed by atoms with van der Waals surface area (Å²) in [6.45, 7) is 0. The number of barbiturate groups is 1. The summed E-state index contributed by atoms with van der Waals surface area (Å²) in [6.07, 6.45) is 4.78. The van der Waals surface area contributed by atoms with Crippen molar-refractivity contribution in [2.75, 3.05) is 0 Å². The normalized spacial score (nSPS) is 16.2. The van der Waals surface area contributed by atoms with E-state index in [2.05, 4.69) is 20.6 Å². The molecule has 0 atom stereocenters. The molecule has 0 aliphatic carbocycles. The molecule has 7 nitrogen and oxygen atoms in total. The maximum Gasteiger partial charge on any atom is 0.328 e. The van der Waals surface area contributed by atoms with Crippen LogP contribution in [0, 0.1) is 5.41 Å². The van der Waals surface area contributed by atoms with Crippen molar-refractivity contribution in [3.05, 3.63) is 60.2 Å². The molecule has 2 aromatic rings. The quantitative estimate of drug-likeness (QED) is 0.775. The third-order valence-electron chi connectivity index (χ3n) is 4.39. The molecule has 25 heavy (non-hydrogen) atoms. The Bertz CT molecular complexity index is 712. The fourth-order valence-electron chi connectivity index (χ4n) is 2.93. The number of amides is 4. The van der Waals surface area contributed by atoms with E-state index in [0.717, 1.165) is 11.4 Å². The Kier molecular flexibility index (Phi) is 4.83. The molecule has 1 aliphatic heterocycles. The average Bonchev–Trinajstić information content (AvgIpc) is 2.62. The lowest BCUT2D eigenvalue weighted by Gasteiger charge is -2.34. The van der Waals surface area contributed by atoms with Crippen LogP contribution < -0.4 is 10.6 Å². The molecule has 3 rings (SSSR count). The summed E-state index contributed by atoms with van der Waals surface area (Å²) in [4.78, 5) is 45.0. The predicted octanol–water partition coefficient (Wildman–Crippen LogP) is 1.39. The maximum absolute atomic E-state index is 12.5. The minimum Gasteiger partial charge on any atom is -0.277 e. The van der Waals surface area contributed by atoms with Crippen molar-refractivity contribution in [1.29, 1.82) is 0 Å². The number of carbonyl (C=O) groups excluding carboxylic acids is 3. The Morgan fingerprint density at radius 2 is 1.24 bits per heavy atom. The van der Waals surface area contributed by atoms with Gasteiger partial charge in [0.1, 0.15) is 5.41 Å². The van der Waals surface area contributed by atoms with E-state index < -0.39 is 23.3 Å². The Balaban J connectivity index is 1.81. The summed E-state index contributed by atoms with van der Waals surface area (Å²) >= 11 is 0. The van der Waals surface area contributed by atoms with Gasteiger partial charge in [-0.15, -0.1) is 0 Å². The van der Waals surface area contributed by atoms with E-state index in [0.29, 0.717) is 12.8 Å². The molecule has 4 amide bonds. The first-order valence-electron chi connectivity index (χ1n) is 8.07. The molecular weight excluding hydrogens is 320 g/mol. The zero-order chi connectivity index (χ0) is 17.7. The topological polar surface area (TPSA) is 101 Å². The second-order valence-corrected chi connectivity index (χ2v) is 5.96. The van der Waals surface area contributed by atoms with Gasteiger partial charge >= 0.3 is 6.03 Å². The van der Waals surface area contributed by atoms with Gasteiger partial charge in [0.05, 0.1) is 0 Å². The molecule has 7 heteroatoms. The summed E-state index contributed by atoms with van der Waals surface area (Å²) in [5.74, 6) is -1.12. The van der Waals surface area contributed by atoms with Crippen LogP contribution >= 0.6 is 0 Å². The lowest BCUT2D eigenvalue weighted by molar-refractivity contribution is -0.145. The Hall–Kier alpha value is -3.09. The summed E-state index contributed by atoms with van der Waals surface area (Å²) in [5.41, 5.74) is 0.262. The molecule has 2 N–H and O–H groups in total. The first kappa shape index (κ1) is 16.8. The van der Waals surface area contributed by atoms with E-state index in [4.69, 9.17) is 0 Å². The van der Waals surface area contributed by atoms with Gasteiger partial charge in [-0.05, 0) is 49.9 Å². The molecule has 1 saturated heterocycles. The SMILES string of the molecule is O=C1NC(=O)C(CCc2ccccn2)(CCc2ccccn2)C(=O)N1. The average molecular weight is 338 g/mol. The minimum atomic E-state index is -1.32. The molecule has 2 aromatic heterocycles. The lowest BCUT2D eigenvalue weighted by atomic mass is 9.75. The van der Waals surface area contributed by atoms with Crippen molar-refractivity contribution in [3.8, 4) is 0 Å². The highest BCUT2D eigenvalue weighted by atomic mass is 16.2. The van der Waals surface area contributed by atoms with E-state index in [1.807, 2.05) is 24.3 Å². The number of rotatable bonds is 6. The van der Waals surface area contributed by atoms with E-state index >= 15 is 0 Å². The van der Waals surface area contributed by atoms with Gasteiger partial charge in [0.25, 0.3) is 0 Å². The van der Waals surface area contributed by atoms with Crippen LogP contribution in [0.1, 0.15) is 24.2 Å². The van der Waals surface area contributed by atoms with Gasteiger partial charge in [0, 0.05) is 23.8 Å². The third kappa shape index (κ3) is 3.71. The number of imide groups is 2. The van der Waals surface area contributed by atoms with Crippen LogP contribution in [0.25, 0.3) is 0 Å². The van der Waals surface area contributed by atoms with Crippen molar-refractivity contribution in [1.82, 2.24) is 20.6 Å². The Morgan fingerprint density at radius 1 is 0.760 bits per heavy atom. The van der Waals surface area contributed by atoms with E-state index in [-0.39, 0.29) is 12.8 Å². The monoisotopic (exact) mass is 338 g/mol. The van der Waals surface area contributed by atoms with Gasteiger partial charge in [-0.3, -0.25) is 30.2 Å². The van der Waals surface area contributed by atoms with Crippen LogP contribution in [0.5, 0.6) is 0 Å². The zero-order valence-electron chi connectivity index (χ0n) is 13.6. The number of pyridine rings is 2. The molecule has 0 unspecified atom stereocenters. The van der Waals surface area contributed by atoms with Crippen LogP contribution in [0.3, 0.4) is 0 Å². The fraction of sp³-hybridized carbons (Fsp3) is 0.278. The molecule has 0 spiro atoms. The van der Waals surface area contributed by atoms with Crippen LogP contribution in [-0.2, 0) is 22.4 Å². The molecule has 3 heterocycles. The van der Waals surface area contributed by atoms with Crippen molar-refractivity contribution in [2.24, 2.45) is 5.41 Å². The van der Waals surface area contributed by atoms with Gasteiger partial charge in [0.2, 0.25) is 11.8 Å². The number of aromatic nitrogens is 2. The highest BCUT2D eigenvalue weighted by Gasteiger charge is 2.49. The van der Waals surface area contributed by atoms with E-state index in [1.165, 1.54) is 0 Å². The molecule has 0 bridgehead atoms. The van der Waals surface area contributed by atoms with Crippen molar-refractivity contribution in [3.63, 3.8) is 0 Å². The van der Waals surface area contributed by atoms with Gasteiger partial charge in [-0.25, -0.2) is 4.79 Å². The number of urea groups is 1. The number of carbonyl (C=O) groups is 3. The maximum atomic E-state index is 12.5. The summed E-state index contributed by atoms with van der Waals surface area (Å²) < 4.78 is 0. The number of nitrogens with one attached hydrogen (secondary N) is 2. The number of aryl methyl sites for hydroxylation is 2. The molecule has 0 aromatic carbocycles. The smallest absolute Gasteiger partial charge is 0.277 e.